The van der Waals surface area contributed by atoms with E-state index in [1.165, 1.54) is 0 Å². The average molecular weight is 586 g/mol. The highest BCUT2D eigenvalue weighted by Gasteiger charge is 2.37. The van der Waals surface area contributed by atoms with E-state index in [0.717, 1.165) is 33.0 Å². The second-order valence-corrected chi connectivity index (χ2v) is 12.8. The minimum Gasteiger partial charge on any atom is -0.457 e. The van der Waals surface area contributed by atoms with Crippen LogP contribution in [0.4, 0.5) is 15.3 Å². The van der Waals surface area contributed by atoms with E-state index >= 15 is 0 Å². The summed E-state index contributed by atoms with van der Waals surface area (Å²) >= 11 is 0. The van der Waals surface area contributed by atoms with Crippen LogP contribution in [0.5, 0.6) is 11.5 Å². The molecule has 1 saturated heterocycles. The minimum absolute atomic E-state index is 0.118. The van der Waals surface area contributed by atoms with Crippen LogP contribution in [0.2, 0.25) is 0 Å². The molecule has 0 aliphatic carbocycles. The number of fused-ring (bicyclic) bond motifs is 1. The quantitative estimate of drug-likeness (QED) is 0.323. The number of carbonyl (C=O) groups is 3. The molecule has 9 nitrogen and oxygen atoms in total. The van der Waals surface area contributed by atoms with Crippen LogP contribution >= 0.6 is 0 Å². The van der Waals surface area contributed by atoms with Gasteiger partial charge in [-0.2, -0.15) is 0 Å². The predicted octanol–water partition coefficient (Wildman–Crippen LogP) is 7.09. The lowest BCUT2D eigenvalue weighted by Crippen LogP contribution is -2.50. The Balaban J connectivity index is 1.44. The molecule has 1 fully saturated rings. The van der Waals surface area contributed by atoms with E-state index in [1.807, 2.05) is 81.4 Å². The van der Waals surface area contributed by atoms with Crippen molar-refractivity contribution >= 4 is 23.8 Å². The van der Waals surface area contributed by atoms with Gasteiger partial charge in [0, 0.05) is 37.4 Å². The van der Waals surface area contributed by atoms with Gasteiger partial charge >= 0.3 is 12.2 Å². The number of amides is 3. The van der Waals surface area contributed by atoms with Crippen molar-refractivity contribution in [1.29, 1.82) is 0 Å². The second-order valence-electron chi connectivity index (χ2n) is 12.8. The molecule has 2 heterocycles. The number of nitrogens with zero attached hydrogens (tertiary/aromatic N) is 3. The summed E-state index contributed by atoms with van der Waals surface area (Å²) in [7, 11) is 0. The van der Waals surface area contributed by atoms with Crippen LogP contribution in [0.3, 0.4) is 0 Å². The second kappa shape index (κ2) is 11.6. The molecule has 0 N–H and O–H groups in total. The zero-order valence-corrected chi connectivity index (χ0v) is 25.7. The Hall–Kier alpha value is -4.53. The molecule has 2 aliphatic heterocycles. The third-order valence-corrected chi connectivity index (χ3v) is 7.08. The lowest BCUT2D eigenvalue weighted by Gasteiger charge is -2.37. The van der Waals surface area contributed by atoms with Crippen molar-refractivity contribution in [3.63, 3.8) is 0 Å². The number of benzene rings is 3. The lowest BCUT2D eigenvalue weighted by molar-refractivity contribution is 0.0231. The molecule has 3 aromatic carbocycles. The van der Waals surface area contributed by atoms with Gasteiger partial charge in [0.05, 0.1) is 6.54 Å². The van der Waals surface area contributed by atoms with Gasteiger partial charge in [-0.3, -0.25) is 4.79 Å². The first-order chi connectivity index (χ1) is 20.3. The summed E-state index contributed by atoms with van der Waals surface area (Å²) in [4.78, 5) is 44.2. The van der Waals surface area contributed by atoms with Gasteiger partial charge in [-0.05, 0) is 94.6 Å². The monoisotopic (exact) mass is 585 g/mol. The highest BCUT2D eigenvalue weighted by atomic mass is 16.6. The summed E-state index contributed by atoms with van der Waals surface area (Å²) in [6, 6.07) is 21.2. The van der Waals surface area contributed by atoms with E-state index in [9.17, 15) is 14.4 Å². The molecule has 0 unspecified atom stereocenters. The van der Waals surface area contributed by atoms with Crippen LogP contribution in [-0.4, -0.2) is 65.3 Å². The van der Waals surface area contributed by atoms with E-state index < -0.39 is 17.3 Å². The fourth-order valence-corrected chi connectivity index (χ4v) is 5.10. The van der Waals surface area contributed by atoms with Gasteiger partial charge in [0.15, 0.2) is 0 Å². The molecule has 43 heavy (non-hydrogen) atoms. The molecule has 3 amide bonds. The zero-order valence-electron chi connectivity index (χ0n) is 25.7. The fraction of sp³-hybridized carbons (Fsp3) is 0.382. The van der Waals surface area contributed by atoms with Crippen molar-refractivity contribution in [3.8, 4) is 22.6 Å². The van der Waals surface area contributed by atoms with Crippen LogP contribution in [0.25, 0.3) is 11.1 Å². The van der Waals surface area contributed by atoms with Crippen LogP contribution in [0.1, 0.15) is 57.5 Å². The maximum Gasteiger partial charge on any atom is 0.417 e. The Labute approximate surface area is 252 Å². The molecule has 0 saturated carbocycles. The van der Waals surface area contributed by atoms with Gasteiger partial charge < -0.3 is 24.0 Å². The molecule has 9 heteroatoms. The maximum atomic E-state index is 13.6. The normalized spacial score (nSPS) is 15.3. The Bertz CT molecular complexity index is 1500. The van der Waals surface area contributed by atoms with E-state index in [0.29, 0.717) is 37.5 Å². The molecule has 0 radical (unpaired) electrons. The third-order valence-electron chi connectivity index (χ3n) is 7.08. The highest BCUT2D eigenvalue weighted by molar-refractivity contribution is 6.08. The number of para-hydroxylation sites is 1. The SMILES string of the molecule is CC(C)(C)OC(=O)N1CCN(c2cc3c(c(-c4ccc(Oc5ccccc5)cc4)c2)CN(C(=O)OC(C)(C)C)C3=O)CC1. The fourth-order valence-electron chi connectivity index (χ4n) is 5.10. The summed E-state index contributed by atoms with van der Waals surface area (Å²) in [6.45, 7) is 13.1. The van der Waals surface area contributed by atoms with Gasteiger partial charge in [0.1, 0.15) is 22.7 Å². The van der Waals surface area contributed by atoms with Crippen molar-refractivity contribution < 1.29 is 28.6 Å². The minimum atomic E-state index is -0.734. The van der Waals surface area contributed by atoms with E-state index in [2.05, 4.69) is 11.0 Å². The molecular formula is C34H39N3O6. The van der Waals surface area contributed by atoms with Gasteiger partial charge in [-0.1, -0.05) is 30.3 Å². The molecule has 0 spiro atoms. The molecule has 0 bridgehead atoms. The number of hydrogen-bond acceptors (Lipinski definition) is 7. The number of carbonyl (C=O) groups excluding carboxylic acids is 3. The van der Waals surface area contributed by atoms with Gasteiger partial charge in [-0.15, -0.1) is 0 Å². The van der Waals surface area contributed by atoms with E-state index in [-0.39, 0.29) is 18.5 Å². The maximum absolute atomic E-state index is 13.6. The Morgan fingerprint density at radius 2 is 1.26 bits per heavy atom. The van der Waals surface area contributed by atoms with Gasteiger partial charge in [-0.25, -0.2) is 14.5 Å². The summed E-state index contributed by atoms with van der Waals surface area (Å²) in [5.41, 5.74) is 2.54. The number of ether oxygens (including phenoxy) is 3. The molecule has 226 valence electrons. The van der Waals surface area contributed by atoms with Crippen LogP contribution in [0, 0.1) is 0 Å². The smallest absolute Gasteiger partial charge is 0.417 e. The number of piperazine rings is 1. The highest BCUT2D eigenvalue weighted by Crippen LogP contribution is 2.38. The summed E-state index contributed by atoms with van der Waals surface area (Å²) in [5.74, 6) is 1.04. The largest absolute Gasteiger partial charge is 0.457 e. The third kappa shape index (κ3) is 7.10. The van der Waals surface area contributed by atoms with Crippen molar-refractivity contribution in [1.82, 2.24) is 9.80 Å². The molecular weight excluding hydrogens is 546 g/mol. The summed E-state index contributed by atoms with van der Waals surface area (Å²) in [5, 5.41) is 0. The Morgan fingerprint density at radius 1 is 0.698 bits per heavy atom. The van der Waals surface area contributed by atoms with Crippen molar-refractivity contribution in [2.75, 3.05) is 31.1 Å². The predicted molar refractivity (Wildman–Crippen MR) is 165 cm³/mol. The average Bonchev–Trinajstić information content (AvgIpc) is 3.28. The number of rotatable bonds is 4. The number of imide groups is 1. The molecule has 0 aromatic heterocycles. The van der Waals surface area contributed by atoms with Crippen LogP contribution < -0.4 is 9.64 Å². The Morgan fingerprint density at radius 3 is 1.86 bits per heavy atom. The van der Waals surface area contributed by atoms with Crippen molar-refractivity contribution in [2.45, 2.75) is 59.3 Å². The summed E-state index contributed by atoms with van der Waals surface area (Å²) in [6.07, 6.45) is -0.999. The molecule has 2 aliphatic rings. The Kier molecular flexibility index (Phi) is 8.10. The molecule has 3 aromatic rings. The van der Waals surface area contributed by atoms with Gasteiger partial charge in [0.25, 0.3) is 5.91 Å². The number of hydrogen-bond donors (Lipinski definition) is 0. The van der Waals surface area contributed by atoms with E-state index in [4.69, 9.17) is 14.2 Å². The zero-order chi connectivity index (χ0) is 30.9. The van der Waals surface area contributed by atoms with Crippen molar-refractivity contribution in [3.05, 3.63) is 77.9 Å². The standard InChI is InChI=1S/C34H39N3O6/c1-33(2,3)42-31(39)36-18-16-35(17-19-36)24-20-27(23-12-14-26(15-13-23)41-25-10-8-7-9-11-25)29-22-37(30(38)28(29)21-24)32(40)43-34(4,5)6/h7-15,20-21H,16-19,22H2,1-6H3. The first-order valence-corrected chi connectivity index (χ1v) is 14.6. The first kappa shape index (κ1) is 29.9. The topological polar surface area (TPSA) is 88.6 Å². The van der Waals surface area contributed by atoms with Gasteiger partial charge in [0.2, 0.25) is 0 Å². The van der Waals surface area contributed by atoms with Crippen LogP contribution in [-0.2, 0) is 16.0 Å². The van der Waals surface area contributed by atoms with Crippen molar-refractivity contribution in [2.24, 2.45) is 0 Å². The number of anilines is 1. The lowest BCUT2D eigenvalue weighted by atomic mass is 9.95. The van der Waals surface area contributed by atoms with Crippen LogP contribution in [0.15, 0.2) is 66.7 Å². The first-order valence-electron chi connectivity index (χ1n) is 14.6. The van der Waals surface area contributed by atoms with E-state index in [1.54, 1.807) is 25.7 Å². The molecule has 5 rings (SSSR count). The molecule has 0 atom stereocenters. The summed E-state index contributed by atoms with van der Waals surface area (Å²) < 4.78 is 17.1.